The third-order valence-electron chi connectivity index (χ3n) is 4.22. The summed E-state index contributed by atoms with van der Waals surface area (Å²) in [7, 11) is 0. The van der Waals surface area contributed by atoms with Crippen molar-refractivity contribution in [3.8, 4) is 23.2 Å². The first kappa shape index (κ1) is 21.0. The molecule has 0 spiro atoms. The molecule has 0 aliphatic carbocycles. The summed E-state index contributed by atoms with van der Waals surface area (Å²) >= 11 is 7.67. The van der Waals surface area contributed by atoms with Crippen molar-refractivity contribution in [2.24, 2.45) is 0 Å². The number of nitrogens with one attached hydrogen (secondary N) is 1. The quantitative estimate of drug-likeness (QED) is 0.308. The molecule has 0 saturated heterocycles. The number of hydrogen-bond acceptors (Lipinski definition) is 8. The highest BCUT2D eigenvalue weighted by Gasteiger charge is 2.18. The molecule has 0 radical (unpaired) electrons. The Morgan fingerprint density at radius 1 is 1.23 bits per heavy atom. The fourth-order valence-corrected chi connectivity index (χ4v) is 4.51. The van der Waals surface area contributed by atoms with Gasteiger partial charge < -0.3 is 9.73 Å². The van der Waals surface area contributed by atoms with E-state index in [0.717, 1.165) is 39.9 Å². The van der Waals surface area contributed by atoms with Crippen LogP contribution in [-0.2, 0) is 4.79 Å². The fourth-order valence-electron chi connectivity index (χ4n) is 2.75. The van der Waals surface area contributed by atoms with Gasteiger partial charge in [-0.15, -0.1) is 10.2 Å². The van der Waals surface area contributed by atoms with E-state index < -0.39 is 0 Å². The molecule has 7 nitrogen and oxygen atoms in total. The molecule has 0 aliphatic heterocycles. The molecule has 4 aromatic rings. The van der Waals surface area contributed by atoms with Gasteiger partial charge in [-0.1, -0.05) is 59.0 Å². The van der Waals surface area contributed by atoms with Crippen LogP contribution >= 0.6 is 35.3 Å². The Bertz CT molecular complexity index is 1320. The standard InChI is InChI=1S/C21H15N5O2S3/c1-13-7-9-14(10-8-13)19-24-25-20(28-19)30-12-17(27)23-18-16(11-22)31-21(29)26(18)15-5-3-2-4-6-15/h2-10H,12H2,1H3,(H,23,27). The van der Waals surface area contributed by atoms with Gasteiger partial charge in [-0.25, -0.2) is 0 Å². The molecular formula is C21H15N5O2S3. The van der Waals surface area contributed by atoms with Crippen molar-refractivity contribution in [3.05, 3.63) is 69.0 Å². The van der Waals surface area contributed by atoms with Crippen LogP contribution in [0.25, 0.3) is 17.1 Å². The molecule has 154 valence electrons. The van der Waals surface area contributed by atoms with Crippen LogP contribution in [0.1, 0.15) is 10.4 Å². The van der Waals surface area contributed by atoms with Gasteiger partial charge in [-0.05, 0) is 43.4 Å². The van der Waals surface area contributed by atoms with E-state index in [4.69, 9.17) is 16.6 Å². The van der Waals surface area contributed by atoms with Crippen molar-refractivity contribution in [1.82, 2.24) is 14.8 Å². The van der Waals surface area contributed by atoms with Gasteiger partial charge in [0.05, 0.1) is 5.75 Å². The van der Waals surface area contributed by atoms with Crippen LogP contribution in [0.2, 0.25) is 0 Å². The summed E-state index contributed by atoms with van der Waals surface area (Å²) in [5, 5.41) is 20.6. The number of thiazole rings is 1. The first-order valence-corrected chi connectivity index (χ1v) is 11.3. The molecule has 0 unspecified atom stereocenters. The van der Waals surface area contributed by atoms with Gasteiger partial charge in [0.2, 0.25) is 11.8 Å². The summed E-state index contributed by atoms with van der Waals surface area (Å²) in [6.07, 6.45) is 0. The molecule has 4 rings (SSSR count). The molecule has 31 heavy (non-hydrogen) atoms. The van der Waals surface area contributed by atoms with Crippen LogP contribution in [0.15, 0.2) is 64.2 Å². The molecule has 2 aromatic heterocycles. The number of thioether (sulfide) groups is 1. The van der Waals surface area contributed by atoms with Gasteiger partial charge in [0.1, 0.15) is 16.8 Å². The van der Waals surface area contributed by atoms with Crippen molar-refractivity contribution in [1.29, 1.82) is 5.26 Å². The number of amides is 1. The van der Waals surface area contributed by atoms with E-state index in [1.54, 1.807) is 4.57 Å². The Kier molecular flexibility index (Phi) is 6.27. The number of aryl methyl sites for hydroxylation is 1. The Labute approximate surface area is 191 Å². The summed E-state index contributed by atoms with van der Waals surface area (Å²) in [6, 6.07) is 19.2. The van der Waals surface area contributed by atoms with Gasteiger partial charge in [-0.3, -0.25) is 9.36 Å². The third-order valence-corrected chi connectivity index (χ3v) is 6.31. The number of rotatable bonds is 6. The molecule has 2 aromatic carbocycles. The Hall–Kier alpha value is -3.26. The topological polar surface area (TPSA) is 96.7 Å². The van der Waals surface area contributed by atoms with Crippen molar-refractivity contribution >= 4 is 47.0 Å². The third kappa shape index (κ3) is 4.74. The van der Waals surface area contributed by atoms with Crippen LogP contribution in [0.4, 0.5) is 5.82 Å². The van der Waals surface area contributed by atoms with Crippen molar-refractivity contribution in [3.63, 3.8) is 0 Å². The van der Waals surface area contributed by atoms with E-state index in [0.29, 0.717) is 20.5 Å². The molecular weight excluding hydrogens is 450 g/mol. The minimum Gasteiger partial charge on any atom is -0.411 e. The second-order valence-corrected chi connectivity index (χ2v) is 8.98. The predicted octanol–water partition coefficient (Wildman–Crippen LogP) is 5.23. The first-order chi connectivity index (χ1) is 15.0. The van der Waals surface area contributed by atoms with Crippen LogP contribution in [0.3, 0.4) is 0 Å². The van der Waals surface area contributed by atoms with E-state index in [9.17, 15) is 10.1 Å². The minimum absolute atomic E-state index is 0.0395. The number of nitriles is 1. The van der Waals surface area contributed by atoms with Crippen LogP contribution in [-0.4, -0.2) is 26.4 Å². The second kappa shape index (κ2) is 9.26. The van der Waals surface area contributed by atoms with Gasteiger partial charge in [0, 0.05) is 11.3 Å². The smallest absolute Gasteiger partial charge is 0.277 e. The van der Waals surface area contributed by atoms with Gasteiger partial charge >= 0.3 is 0 Å². The predicted molar refractivity (Wildman–Crippen MR) is 123 cm³/mol. The number of benzene rings is 2. The van der Waals surface area contributed by atoms with Crippen LogP contribution in [0, 0.1) is 22.2 Å². The molecule has 0 atom stereocenters. The maximum Gasteiger partial charge on any atom is 0.277 e. The monoisotopic (exact) mass is 465 g/mol. The van der Waals surface area contributed by atoms with Gasteiger partial charge in [0.25, 0.3) is 5.22 Å². The van der Waals surface area contributed by atoms with E-state index in [-0.39, 0.29) is 16.9 Å². The van der Waals surface area contributed by atoms with Crippen LogP contribution in [0.5, 0.6) is 0 Å². The van der Waals surface area contributed by atoms with E-state index >= 15 is 0 Å². The number of hydrogen-bond donors (Lipinski definition) is 1. The molecule has 2 heterocycles. The van der Waals surface area contributed by atoms with E-state index in [2.05, 4.69) is 21.6 Å². The zero-order valence-corrected chi connectivity index (χ0v) is 18.7. The van der Waals surface area contributed by atoms with E-state index in [1.807, 2.05) is 61.5 Å². The highest BCUT2D eigenvalue weighted by Crippen LogP contribution is 2.29. The van der Waals surface area contributed by atoms with Gasteiger partial charge in [0.15, 0.2) is 3.95 Å². The average Bonchev–Trinajstić information content (AvgIpc) is 3.37. The summed E-state index contributed by atoms with van der Waals surface area (Å²) in [5.41, 5.74) is 2.72. The average molecular weight is 466 g/mol. The summed E-state index contributed by atoms with van der Waals surface area (Å²) in [5.74, 6) is 0.483. The molecule has 0 fully saturated rings. The molecule has 1 amide bonds. The Morgan fingerprint density at radius 2 is 1.97 bits per heavy atom. The number of carbonyl (C=O) groups excluding carboxylic acids is 1. The highest BCUT2D eigenvalue weighted by molar-refractivity contribution is 7.99. The number of aromatic nitrogens is 3. The molecule has 1 N–H and O–H groups in total. The van der Waals surface area contributed by atoms with Gasteiger partial charge in [-0.2, -0.15) is 5.26 Å². The molecule has 0 bridgehead atoms. The lowest BCUT2D eigenvalue weighted by molar-refractivity contribution is -0.113. The number of carbonyl (C=O) groups is 1. The SMILES string of the molecule is Cc1ccc(-c2nnc(SCC(=O)Nc3c(C#N)sc(=S)n3-c3ccccc3)o2)cc1. The molecule has 0 aliphatic rings. The number of para-hydroxylation sites is 1. The minimum atomic E-state index is -0.311. The lowest BCUT2D eigenvalue weighted by Crippen LogP contribution is -2.17. The zero-order chi connectivity index (χ0) is 21.8. The first-order valence-electron chi connectivity index (χ1n) is 9.09. The number of anilines is 1. The maximum absolute atomic E-state index is 12.6. The Balaban J connectivity index is 1.47. The van der Waals surface area contributed by atoms with Crippen molar-refractivity contribution < 1.29 is 9.21 Å². The lowest BCUT2D eigenvalue weighted by atomic mass is 10.1. The fraction of sp³-hybridized carbons (Fsp3) is 0.0952. The largest absolute Gasteiger partial charge is 0.411 e. The highest BCUT2D eigenvalue weighted by atomic mass is 32.2. The summed E-state index contributed by atoms with van der Waals surface area (Å²) in [6.45, 7) is 2.00. The molecule has 10 heteroatoms. The summed E-state index contributed by atoms with van der Waals surface area (Å²) in [4.78, 5) is 12.9. The zero-order valence-electron chi connectivity index (χ0n) is 16.2. The van der Waals surface area contributed by atoms with Crippen molar-refractivity contribution in [2.75, 3.05) is 11.1 Å². The van der Waals surface area contributed by atoms with Crippen LogP contribution < -0.4 is 5.32 Å². The Morgan fingerprint density at radius 3 is 2.68 bits per heavy atom. The second-order valence-electron chi connectivity index (χ2n) is 6.40. The normalized spacial score (nSPS) is 10.6. The number of nitrogens with zero attached hydrogens (tertiary/aromatic N) is 4. The van der Waals surface area contributed by atoms with E-state index in [1.165, 1.54) is 0 Å². The molecule has 0 saturated carbocycles. The van der Waals surface area contributed by atoms with Crippen molar-refractivity contribution in [2.45, 2.75) is 12.1 Å². The maximum atomic E-state index is 12.6. The summed E-state index contributed by atoms with van der Waals surface area (Å²) < 4.78 is 7.80. The lowest BCUT2D eigenvalue weighted by Gasteiger charge is -2.10.